The Balaban J connectivity index is 1.48. The zero-order valence-electron chi connectivity index (χ0n) is 18.2. The molecular weight excluding hydrogens is 423 g/mol. The van der Waals surface area contributed by atoms with Gasteiger partial charge in [-0.2, -0.15) is 0 Å². The van der Waals surface area contributed by atoms with Crippen LogP contribution in [0.4, 0.5) is 4.39 Å². The molecular formula is C25H27FN4O3. The number of carbonyl (C=O) groups is 3. The molecule has 2 aromatic carbocycles. The highest BCUT2D eigenvalue weighted by Crippen LogP contribution is 2.23. The minimum absolute atomic E-state index is 0.111. The molecule has 0 bridgehead atoms. The van der Waals surface area contributed by atoms with E-state index in [-0.39, 0.29) is 23.8 Å². The van der Waals surface area contributed by atoms with E-state index in [1.54, 1.807) is 6.20 Å². The average molecular weight is 451 g/mol. The summed E-state index contributed by atoms with van der Waals surface area (Å²) in [4.78, 5) is 41.3. The van der Waals surface area contributed by atoms with Crippen LogP contribution in [-0.4, -0.2) is 28.7 Å². The third-order valence-electron chi connectivity index (χ3n) is 6.11. The molecule has 3 amide bonds. The quantitative estimate of drug-likeness (QED) is 0.433. The number of benzene rings is 2. The maximum absolute atomic E-state index is 13.2. The van der Waals surface area contributed by atoms with Crippen LogP contribution in [0.2, 0.25) is 0 Å². The lowest BCUT2D eigenvalue weighted by Gasteiger charge is -2.22. The summed E-state index contributed by atoms with van der Waals surface area (Å²) in [5, 5.41) is 3.66. The number of carbonyl (C=O) groups excluding carboxylic acids is 3. The van der Waals surface area contributed by atoms with Crippen LogP contribution in [0.5, 0.6) is 0 Å². The molecule has 1 saturated carbocycles. The molecule has 172 valence electrons. The van der Waals surface area contributed by atoms with Crippen molar-refractivity contribution < 1.29 is 18.8 Å². The lowest BCUT2D eigenvalue weighted by molar-refractivity contribution is -0.132. The van der Waals surface area contributed by atoms with E-state index in [0.29, 0.717) is 0 Å². The molecule has 7 nitrogen and oxygen atoms in total. The number of halogens is 1. The minimum Gasteiger partial charge on any atom is -0.361 e. The summed E-state index contributed by atoms with van der Waals surface area (Å²) in [6, 6.07) is 11.8. The first-order chi connectivity index (χ1) is 16.0. The van der Waals surface area contributed by atoms with Gasteiger partial charge in [-0.1, -0.05) is 37.5 Å². The van der Waals surface area contributed by atoms with Crippen molar-refractivity contribution in [2.24, 2.45) is 5.92 Å². The van der Waals surface area contributed by atoms with Gasteiger partial charge in [0.2, 0.25) is 5.91 Å². The van der Waals surface area contributed by atoms with E-state index in [9.17, 15) is 18.8 Å². The Morgan fingerprint density at radius 1 is 0.970 bits per heavy atom. The number of aromatic nitrogens is 1. The van der Waals surface area contributed by atoms with Gasteiger partial charge < -0.3 is 10.3 Å². The zero-order valence-corrected chi connectivity index (χ0v) is 18.2. The third kappa shape index (κ3) is 5.58. The van der Waals surface area contributed by atoms with Crippen LogP contribution in [0.15, 0.2) is 54.7 Å². The Morgan fingerprint density at radius 3 is 2.45 bits per heavy atom. The van der Waals surface area contributed by atoms with E-state index in [1.807, 2.05) is 24.3 Å². The monoisotopic (exact) mass is 450 g/mol. The number of aromatic amines is 1. The molecule has 1 fully saturated rings. The molecule has 33 heavy (non-hydrogen) atoms. The summed E-state index contributed by atoms with van der Waals surface area (Å²) in [5.41, 5.74) is 7.01. The Hall–Kier alpha value is -3.68. The van der Waals surface area contributed by atoms with Gasteiger partial charge in [-0.3, -0.25) is 25.2 Å². The van der Waals surface area contributed by atoms with E-state index < -0.39 is 23.7 Å². The van der Waals surface area contributed by atoms with Crippen LogP contribution in [0, 0.1) is 11.7 Å². The predicted octanol–water partition coefficient (Wildman–Crippen LogP) is 3.38. The van der Waals surface area contributed by atoms with Gasteiger partial charge in [0, 0.05) is 35.0 Å². The van der Waals surface area contributed by atoms with Gasteiger partial charge in [0.15, 0.2) is 0 Å². The van der Waals surface area contributed by atoms with Crippen molar-refractivity contribution in [3.05, 3.63) is 71.7 Å². The first kappa shape index (κ1) is 22.5. The first-order valence-electron chi connectivity index (χ1n) is 11.2. The fraction of sp³-hybridized carbons (Fsp3) is 0.320. The molecule has 0 spiro atoms. The minimum atomic E-state index is -0.951. The van der Waals surface area contributed by atoms with Crippen LogP contribution in [0.1, 0.15) is 48.0 Å². The molecule has 3 aromatic rings. The van der Waals surface area contributed by atoms with Gasteiger partial charge in [-0.25, -0.2) is 4.39 Å². The van der Waals surface area contributed by atoms with Crippen LogP contribution < -0.4 is 16.2 Å². The largest absolute Gasteiger partial charge is 0.361 e. The number of fused-ring (bicyclic) bond motifs is 1. The number of H-pyrrole nitrogens is 1. The Labute approximate surface area is 191 Å². The second-order valence-corrected chi connectivity index (χ2v) is 8.41. The summed E-state index contributed by atoms with van der Waals surface area (Å²) in [5.74, 6) is -1.81. The number of para-hydroxylation sites is 1. The molecule has 1 atom stereocenters. The van der Waals surface area contributed by atoms with E-state index in [1.165, 1.54) is 24.3 Å². The van der Waals surface area contributed by atoms with Gasteiger partial charge in [0.05, 0.1) is 0 Å². The van der Waals surface area contributed by atoms with Crippen LogP contribution in [0.25, 0.3) is 10.9 Å². The van der Waals surface area contributed by atoms with Gasteiger partial charge >= 0.3 is 0 Å². The van der Waals surface area contributed by atoms with Crippen LogP contribution in [-0.2, 0) is 16.0 Å². The highest BCUT2D eigenvalue weighted by Gasteiger charge is 2.26. The molecule has 0 aliphatic heterocycles. The summed E-state index contributed by atoms with van der Waals surface area (Å²) in [6.45, 7) is 0. The Kier molecular flexibility index (Phi) is 7.02. The number of nitrogens with one attached hydrogen (secondary N) is 4. The van der Waals surface area contributed by atoms with Crippen molar-refractivity contribution in [3.63, 3.8) is 0 Å². The van der Waals surface area contributed by atoms with Crippen molar-refractivity contribution in [1.29, 1.82) is 0 Å². The molecule has 1 aliphatic carbocycles. The summed E-state index contributed by atoms with van der Waals surface area (Å²) < 4.78 is 13.2. The lowest BCUT2D eigenvalue weighted by atomic mass is 9.89. The van der Waals surface area contributed by atoms with E-state index in [4.69, 9.17) is 0 Å². The standard InChI is InChI=1S/C25H27FN4O3/c26-19-12-10-17(11-13-19)23(31)28-22(14-18-15-27-21-9-5-4-8-20(18)21)25(33)30-29-24(32)16-6-2-1-3-7-16/h4-5,8-13,15-16,22,27H,1-3,6-7,14H2,(H,28,31)(H,29,32)(H,30,33). The van der Waals surface area contributed by atoms with Crippen molar-refractivity contribution >= 4 is 28.6 Å². The first-order valence-corrected chi connectivity index (χ1v) is 11.2. The summed E-state index contributed by atoms with van der Waals surface area (Å²) >= 11 is 0. The fourth-order valence-corrected chi connectivity index (χ4v) is 4.25. The molecule has 1 aromatic heterocycles. The topological polar surface area (TPSA) is 103 Å². The van der Waals surface area contributed by atoms with Crippen molar-refractivity contribution in [2.45, 2.75) is 44.6 Å². The van der Waals surface area contributed by atoms with E-state index in [0.717, 1.165) is 48.6 Å². The summed E-state index contributed by atoms with van der Waals surface area (Å²) in [7, 11) is 0. The van der Waals surface area contributed by atoms with E-state index in [2.05, 4.69) is 21.2 Å². The van der Waals surface area contributed by atoms with Crippen molar-refractivity contribution in [1.82, 2.24) is 21.2 Å². The maximum atomic E-state index is 13.2. The van der Waals surface area contributed by atoms with Crippen LogP contribution in [0.3, 0.4) is 0 Å². The van der Waals surface area contributed by atoms with Crippen LogP contribution >= 0.6 is 0 Å². The highest BCUT2D eigenvalue weighted by atomic mass is 19.1. The molecule has 0 radical (unpaired) electrons. The number of hydrazine groups is 1. The zero-order chi connectivity index (χ0) is 23.2. The second kappa shape index (κ2) is 10.3. The maximum Gasteiger partial charge on any atom is 0.261 e. The lowest BCUT2D eigenvalue weighted by Crippen LogP contribution is -2.54. The third-order valence-corrected chi connectivity index (χ3v) is 6.11. The second-order valence-electron chi connectivity index (χ2n) is 8.41. The predicted molar refractivity (Wildman–Crippen MR) is 123 cm³/mol. The number of amides is 3. The number of hydrogen-bond donors (Lipinski definition) is 4. The molecule has 1 aliphatic rings. The SMILES string of the molecule is O=C(NC(Cc1c[nH]c2ccccc12)C(=O)NNC(=O)C1CCCCC1)c1ccc(F)cc1. The van der Waals surface area contributed by atoms with Gasteiger partial charge in [-0.05, 0) is 48.7 Å². The smallest absolute Gasteiger partial charge is 0.261 e. The number of hydrogen-bond acceptors (Lipinski definition) is 3. The highest BCUT2D eigenvalue weighted by molar-refractivity contribution is 5.98. The van der Waals surface area contributed by atoms with Gasteiger partial charge in [-0.15, -0.1) is 0 Å². The van der Waals surface area contributed by atoms with Crippen molar-refractivity contribution in [3.8, 4) is 0 Å². The number of rotatable bonds is 6. The van der Waals surface area contributed by atoms with Crippen molar-refractivity contribution in [2.75, 3.05) is 0 Å². The average Bonchev–Trinajstić information content (AvgIpc) is 3.25. The molecule has 4 rings (SSSR count). The molecule has 1 heterocycles. The van der Waals surface area contributed by atoms with Gasteiger partial charge in [0.25, 0.3) is 11.8 Å². The Bertz CT molecular complexity index is 1140. The summed E-state index contributed by atoms with van der Waals surface area (Å²) in [6.07, 6.45) is 6.76. The molecule has 0 saturated heterocycles. The molecule has 4 N–H and O–H groups in total. The molecule has 8 heteroatoms. The van der Waals surface area contributed by atoms with Gasteiger partial charge in [0.1, 0.15) is 11.9 Å². The fourth-order valence-electron chi connectivity index (χ4n) is 4.25. The molecule has 1 unspecified atom stereocenters. The van der Waals surface area contributed by atoms with E-state index >= 15 is 0 Å². The normalized spacial score (nSPS) is 15.1. The Morgan fingerprint density at radius 2 is 1.70 bits per heavy atom.